The molecule has 1 aliphatic heterocycles. The summed E-state index contributed by atoms with van der Waals surface area (Å²) in [5.41, 5.74) is 0. The van der Waals surface area contributed by atoms with Crippen LogP contribution in [0.3, 0.4) is 0 Å². The quantitative estimate of drug-likeness (QED) is 0.675. The number of hydrogen-bond donors (Lipinski definition) is 2. The molecule has 1 aliphatic rings. The normalized spacial score (nSPS) is 18.4. The van der Waals surface area contributed by atoms with Gasteiger partial charge in [-0.25, -0.2) is 4.79 Å². The molecule has 0 spiro atoms. The molecule has 0 radical (unpaired) electrons. The molecule has 6 nitrogen and oxygen atoms in total. The number of amides is 3. The van der Waals surface area contributed by atoms with Crippen LogP contribution in [0.25, 0.3) is 0 Å². The van der Waals surface area contributed by atoms with Gasteiger partial charge in [0.25, 0.3) is 0 Å². The van der Waals surface area contributed by atoms with Crippen molar-refractivity contribution in [3.63, 3.8) is 0 Å². The highest BCUT2D eigenvalue weighted by Gasteiger charge is 2.28. The van der Waals surface area contributed by atoms with E-state index < -0.39 is 0 Å². The smallest absolute Gasteiger partial charge is 0.319 e. The first kappa shape index (κ1) is 18.1. The number of carbonyl (C=O) groups excluding carboxylic acids is 2. The van der Waals surface area contributed by atoms with Crippen molar-refractivity contribution >= 4 is 23.7 Å². The molecule has 1 unspecified atom stereocenters. The van der Waals surface area contributed by atoms with Crippen molar-refractivity contribution in [3.8, 4) is 0 Å². The predicted octanol–water partition coefficient (Wildman–Crippen LogP) is 0.612. The molecule has 3 amide bonds. The van der Waals surface area contributed by atoms with Crippen LogP contribution in [0.15, 0.2) is 0 Å². The Hall–Kier alpha value is -0.950. The minimum absolute atomic E-state index is 0.0212. The number of aliphatic hydroxyl groups excluding tert-OH is 1. The van der Waals surface area contributed by atoms with Gasteiger partial charge in [-0.15, -0.1) is 0 Å². The summed E-state index contributed by atoms with van der Waals surface area (Å²) in [7, 11) is 3.46. The van der Waals surface area contributed by atoms with Crippen LogP contribution in [0.1, 0.15) is 19.3 Å². The van der Waals surface area contributed by atoms with Gasteiger partial charge in [-0.1, -0.05) is 0 Å². The highest BCUT2D eigenvalue weighted by atomic mass is 32.2. The fourth-order valence-corrected chi connectivity index (χ4v) is 3.09. The van der Waals surface area contributed by atoms with E-state index in [-0.39, 0.29) is 24.5 Å². The fourth-order valence-electron chi connectivity index (χ4n) is 2.31. The van der Waals surface area contributed by atoms with Gasteiger partial charge in [0.2, 0.25) is 5.91 Å². The van der Waals surface area contributed by atoms with E-state index in [0.717, 1.165) is 37.3 Å². The molecule has 122 valence electrons. The van der Waals surface area contributed by atoms with Crippen LogP contribution in [0.2, 0.25) is 0 Å². The minimum atomic E-state index is -0.0925. The lowest BCUT2D eigenvalue weighted by atomic mass is 9.97. The van der Waals surface area contributed by atoms with Gasteiger partial charge in [-0.05, 0) is 25.0 Å². The zero-order valence-corrected chi connectivity index (χ0v) is 13.8. The van der Waals surface area contributed by atoms with Crippen molar-refractivity contribution in [2.45, 2.75) is 19.3 Å². The largest absolute Gasteiger partial charge is 0.396 e. The molecular formula is C14H27N3O3S. The number of hydrogen-bond acceptors (Lipinski definition) is 4. The van der Waals surface area contributed by atoms with E-state index in [1.54, 1.807) is 35.7 Å². The van der Waals surface area contributed by atoms with Gasteiger partial charge in [-0.2, -0.15) is 11.8 Å². The summed E-state index contributed by atoms with van der Waals surface area (Å²) in [5.74, 6) is 1.74. The second kappa shape index (κ2) is 9.89. The van der Waals surface area contributed by atoms with Crippen LogP contribution in [-0.2, 0) is 4.79 Å². The molecule has 0 aromatic carbocycles. The highest BCUT2D eigenvalue weighted by molar-refractivity contribution is 7.99. The third-order valence-corrected chi connectivity index (χ3v) is 4.51. The molecule has 1 atom stereocenters. The lowest BCUT2D eigenvalue weighted by molar-refractivity contribution is -0.126. The number of piperidine rings is 1. The van der Waals surface area contributed by atoms with Crippen molar-refractivity contribution < 1.29 is 14.7 Å². The van der Waals surface area contributed by atoms with Crippen LogP contribution in [0.5, 0.6) is 0 Å². The highest BCUT2D eigenvalue weighted by Crippen LogP contribution is 2.17. The summed E-state index contributed by atoms with van der Waals surface area (Å²) >= 11 is 1.73. The maximum atomic E-state index is 12.1. The van der Waals surface area contributed by atoms with Gasteiger partial charge in [0.1, 0.15) is 0 Å². The molecule has 2 N–H and O–H groups in total. The lowest BCUT2D eigenvalue weighted by Gasteiger charge is -2.33. The Morgan fingerprint density at radius 1 is 1.38 bits per heavy atom. The molecule has 0 aliphatic carbocycles. The number of urea groups is 1. The van der Waals surface area contributed by atoms with Gasteiger partial charge < -0.3 is 20.2 Å². The first-order chi connectivity index (χ1) is 10.1. The zero-order chi connectivity index (χ0) is 15.7. The number of rotatable bonds is 7. The van der Waals surface area contributed by atoms with E-state index in [1.165, 1.54) is 0 Å². The second-order valence-electron chi connectivity index (χ2n) is 5.44. The molecule has 0 aromatic heterocycles. The molecule has 1 heterocycles. The minimum Gasteiger partial charge on any atom is -0.396 e. The number of nitrogens with one attached hydrogen (secondary N) is 1. The maximum Gasteiger partial charge on any atom is 0.319 e. The average molecular weight is 317 g/mol. The van der Waals surface area contributed by atoms with Crippen molar-refractivity contribution in [3.05, 3.63) is 0 Å². The van der Waals surface area contributed by atoms with E-state index in [9.17, 15) is 9.59 Å². The van der Waals surface area contributed by atoms with E-state index >= 15 is 0 Å². The van der Waals surface area contributed by atoms with Crippen LogP contribution < -0.4 is 5.32 Å². The van der Waals surface area contributed by atoms with Gasteiger partial charge in [0.05, 0.1) is 5.92 Å². The van der Waals surface area contributed by atoms with Crippen molar-refractivity contribution in [1.29, 1.82) is 0 Å². The van der Waals surface area contributed by atoms with E-state index in [0.29, 0.717) is 13.1 Å². The van der Waals surface area contributed by atoms with Crippen LogP contribution in [0.4, 0.5) is 4.79 Å². The van der Waals surface area contributed by atoms with Gasteiger partial charge in [0.15, 0.2) is 0 Å². The third kappa shape index (κ3) is 6.56. The monoisotopic (exact) mass is 317 g/mol. The average Bonchev–Trinajstić information content (AvgIpc) is 2.49. The van der Waals surface area contributed by atoms with Gasteiger partial charge in [0, 0.05) is 46.1 Å². The second-order valence-corrected chi connectivity index (χ2v) is 6.67. The number of aliphatic hydroxyl groups is 1. The molecule has 21 heavy (non-hydrogen) atoms. The van der Waals surface area contributed by atoms with E-state index in [4.69, 9.17) is 5.11 Å². The van der Waals surface area contributed by atoms with Gasteiger partial charge in [-0.3, -0.25) is 4.79 Å². The molecule has 0 aromatic rings. The summed E-state index contributed by atoms with van der Waals surface area (Å²) in [6.45, 7) is 2.11. The Morgan fingerprint density at radius 3 is 2.81 bits per heavy atom. The van der Waals surface area contributed by atoms with Gasteiger partial charge >= 0.3 is 6.03 Å². The van der Waals surface area contributed by atoms with Crippen molar-refractivity contribution in [1.82, 2.24) is 15.1 Å². The third-order valence-electron chi connectivity index (χ3n) is 3.44. The van der Waals surface area contributed by atoms with Crippen molar-refractivity contribution in [2.24, 2.45) is 5.92 Å². The Kier molecular flexibility index (Phi) is 8.52. The molecule has 1 rings (SSSR count). The van der Waals surface area contributed by atoms with Crippen molar-refractivity contribution in [2.75, 3.05) is 51.8 Å². The topological polar surface area (TPSA) is 72.9 Å². The standard InChI is InChI=1S/C14H27N3O3S/c1-16(2)14(20)17-7-3-5-12(11-17)13(19)15-6-10-21-9-4-8-18/h12,18H,3-11H2,1-2H3,(H,15,19). The molecule has 1 saturated heterocycles. The molecule has 1 fully saturated rings. The number of nitrogens with zero attached hydrogens (tertiary/aromatic N) is 2. The summed E-state index contributed by atoms with van der Waals surface area (Å²) in [6, 6.07) is -0.0212. The molecular weight excluding hydrogens is 290 g/mol. The maximum absolute atomic E-state index is 12.1. The number of likely N-dealkylation sites (tertiary alicyclic amines) is 1. The summed E-state index contributed by atoms with van der Waals surface area (Å²) in [4.78, 5) is 27.3. The molecule has 7 heteroatoms. The summed E-state index contributed by atoms with van der Waals surface area (Å²) in [6.07, 6.45) is 2.52. The van der Waals surface area contributed by atoms with Crippen LogP contribution in [0, 0.1) is 5.92 Å². The van der Waals surface area contributed by atoms with Crippen LogP contribution in [-0.4, -0.2) is 78.7 Å². The van der Waals surface area contributed by atoms with Crippen LogP contribution >= 0.6 is 11.8 Å². The number of carbonyl (C=O) groups is 2. The number of thioether (sulfide) groups is 1. The first-order valence-electron chi connectivity index (χ1n) is 7.48. The summed E-state index contributed by atoms with van der Waals surface area (Å²) in [5, 5.41) is 11.6. The Morgan fingerprint density at radius 2 is 2.14 bits per heavy atom. The fraction of sp³-hybridized carbons (Fsp3) is 0.857. The summed E-state index contributed by atoms with van der Waals surface area (Å²) < 4.78 is 0. The SMILES string of the molecule is CN(C)C(=O)N1CCCC(C(=O)NCCSCCCO)C1. The molecule has 0 saturated carbocycles. The predicted molar refractivity (Wildman–Crippen MR) is 85.4 cm³/mol. The zero-order valence-electron chi connectivity index (χ0n) is 13.0. The molecule has 0 bridgehead atoms. The lowest BCUT2D eigenvalue weighted by Crippen LogP contribution is -2.48. The Balaban J connectivity index is 2.25. The Labute approximate surface area is 131 Å². The Bertz CT molecular complexity index is 339. The first-order valence-corrected chi connectivity index (χ1v) is 8.64. The van der Waals surface area contributed by atoms with E-state index in [1.807, 2.05) is 0 Å². The van der Waals surface area contributed by atoms with E-state index in [2.05, 4.69) is 5.32 Å².